The zero-order chi connectivity index (χ0) is 14.5. The third kappa shape index (κ3) is 3.68. The number of aromatic nitrogens is 1. The standard InChI is InChI=1S/C16H18N2O2S/c19-15(13-5-2-1-3-6-13)11-14-12-21-16(17-14)18-7-4-9-20-10-8-18/h1-3,5-6,12H,4,7-11H2. The van der Waals surface area contributed by atoms with Gasteiger partial charge in [0.15, 0.2) is 10.9 Å². The molecule has 5 heteroatoms. The Hall–Kier alpha value is -1.72. The molecule has 1 aromatic heterocycles. The van der Waals surface area contributed by atoms with E-state index in [1.54, 1.807) is 11.3 Å². The van der Waals surface area contributed by atoms with Gasteiger partial charge in [0.1, 0.15) is 0 Å². The van der Waals surface area contributed by atoms with E-state index in [4.69, 9.17) is 4.74 Å². The lowest BCUT2D eigenvalue weighted by atomic mass is 10.1. The van der Waals surface area contributed by atoms with Gasteiger partial charge in [0.2, 0.25) is 0 Å². The molecular weight excluding hydrogens is 284 g/mol. The Labute approximate surface area is 128 Å². The SMILES string of the molecule is O=C(Cc1csc(N2CCCOCC2)n1)c1ccccc1. The molecule has 110 valence electrons. The Morgan fingerprint density at radius 1 is 1.24 bits per heavy atom. The fourth-order valence-corrected chi connectivity index (χ4v) is 3.23. The number of hydrogen-bond acceptors (Lipinski definition) is 5. The quantitative estimate of drug-likeness (QED) is 0.815. The average molecular weight is 302 g/mol. The molecule has 1 saturated heterocycles. The van der Waals surface area contributed by atoms with E-state index in [0.717, 1.165) is 49.1 Å². The first-order valence-electron chi connectivity index (χ1n) is 7.18. The maximum absolute atomic E-state index is 12.2. The Bertz CT molecular complexity index is 589. The van der Waals surface area contributed by atoms with Crippen LogP contribution < -0.4 is 4.90 Å². The van der Waals surface area contributed by atoms with Gasteiger partial charge in [-0.2, -0.15) is 0 Å². The van der Waals surface area contributed by atoms with Gasteiger partial charge in [0, 0.05) is 30.6 Å². The molecule has 1 aliphatic rings. The van der Waals surface area contributed by atoms with Gasteiger partial charge in [-0.3, -0.25) is 4.79 Å². The number of carbonyl (C=O) groups excluding carboxylic acids is 1. The lowest BCUT2D eigenvalue weighted by Crippen LogP contribution is -2.25. The van der Waals surface area contributed by atoms with Crippen LogP contribution in [0.3, 0.4) is 0 Å². The Morgan fingerprint density at radius 3 is 2.95 bits per heavy atom. The first-order chi connectivity index (χ1) is 10.3. The number of anilines is 1. The number of carbonyl (C=O) groups is 1. The highest BCUT2D eigenvalue weighted by Gasteiger charge is 2.15. The van der Waals surface area contributed by atoms with Gasteiger partial charge in [-0.15, -0.1) is 11.3 Å². The molecule has 1 aromatic carbocycles. The van der Waals surface area contributed by atoms with E-state index < -0.39 is 0 Å². The summed E-state index contributed by atoms with van der Waals surface area (Å²) >= 11 is 1.61. The summed E-state index contributed by atoms with van der Waals surface area (Å²) in [5.41, 5.74) is 1.60. The summed E-state index contributed by atoms with van der Waals surface area (Å²) in [6, 6.07) is 9.39. The Kier molecular flexibility index (Phi) is 4.62. The zero-order valence-electron chi connectivity index (χ0n) is 11.8. The maximum Gasteiger partial charge on any atom is 0.185 e. The minimum atomic E-state index is 0.117. The lowest BCUT2D eigenvalue weighted by molar-refractivity contribution is 0.0992. The summed E-state index contributed by atoms with van der Waals surface area (Å²) in [4.78, 5) is 19.0. The number of benzene rings is 1. The molecule has 1 aliphatic heterocycles. The largest absolute Gasteiger partial charge is 0.380 e. The van der Waals surface area contributed by atoms with Crippen molar-refractivity contribution in [3.63, 3.8) is 0 Å². The molecule has 0 bridgehead atoms. The van der Waals surface area contributed by atoms with Crippen LogP contribution in [-0.4, -0.2) is 37.1 Å². The van der Waals surface area contributed by atoms with Crippen molar-refractivity contribution in [1.82, 2.24) is 4.98 Å². The highest BCUT2D eigenvalue weighted by Crippen LogP contribution is 2.22. The monoisotopic (exact) mass is 302 g/mol. The van der Waals surface area contributed by atoms with Gasteiger partial charge in [-0.25, -0.2) is 4.98 Å². The van der Waals surface area contributed by atoms with Crippen LogP contribution in [0.5, 0.6) is 0 Å². The lowest BCUT2D eigenvalue weighted by Gasteiger charge is -2.17. The predicted octanol–water partition coefficient (Wildman–Crippen LogP) is 2.80. The summed E-state index contributed by atoms with van der Waals surface area (Å²) in [6.45, 7) is 3.41. The first-order valence-corrected chi connectivity index (χ1v) is 8.06. The third-order valence-electron chi connectivity index (χ3n) is 3.47. The van der Waals surface area contributed by atoms with Gasteiger partial charge in [0.25, 0.3) is 0 Å². The number of Topliss-reactive ketones (excluding diaryl/α,β-unsaturated/α-hetero) is 1. The average Bonchev–Trinajstić information content (AvgIpc) is 2.81. The summed E-state index contributed by atoms with van der Waals surface area (Å²) in [5.74, 6) is 0.117. The second-order valence-electron chi connectivity index (χ2n) is 5.04. The van der Waals surface area contributed by atoms with E-state index in [1.165, 1.54) is 0 Å². The molecule has 21 heavy (non-hydrogen) atoms. The molecule has 4 nitrogen and oxygen atoms in total. The van der Waals surface area contributed by atoms with Crippen LogP contribution in [0.2, 0.25) is 0 Å². The fourth-order valence-electron chi connectivity index (χ4n) is 2.35. The Balaban J connectivity index is 1.66. The van der Waals surface area contributed by atoms with Crippen molar-refractivity contribution >= 4 is 22.3 Å². The van der Waals surface area contributed by atoms with Crippen molar-refractivity contribution in [2.75, 3.05) is 31.2 Å². The minimum Gasteiger partial charge on any atom is -0.380 e. The topological polar surface area (TPSA) is 42.4 Å². The van der Waals surface area contributed by atoms with Gasteiger partial charge in [-0.05, 0) is 6.42 Å². The molecular formula is C16H18N2O2S. The van der Waals surface area contributed by atoms with Crippen LogP contribution >= 0.6 is 11.3 Å². The van der Waals surface area contributed by atoms with E-state index in [1.807, 2.05) is 35.7 Å². The second-order valence-corrected chi connectivity index (χ2v) is 5.88. The van der Waals surface area contributed by atoms with Crippen LogP contribution in [0.4, 0.5) is 5.13 Å². The number of ketones is 1. The molecule has 0 N–H and O–H groups in total. The summed E-state index contributed by atoms with van der Waals surface area (Å²) in [7, 11) is 0. The van der Waals surface area contributed by atoms with Gasteiger partial charge in [0.05, 0.1) is 18.7 Å². The van der Waals surface area contributed by atoms with Gasteiger partial charge < -0.3 is 9.64 Å². The van der Waals surface area contributed by atoms with Crippen molar-refractivity contribution < 1.29 is 9.53 Å². The number of thiazole rings is 1. The van der Waals surface area contributed by atoms with E-state index in [0.29, 0.717) is 6.42 Å². The zero-order valence-corrected chi connectivity index (χ0v) is 12.6. The van der Waals surface area contributed by atoms with Crippen LogP contribution in [-0.2, 0) is 11.2 Å². The molecule has 1 fully saturated rings. The minimum absolute atomic E-state index is 0.117. The number of hydrogen-bond donors (Lipinski definition) is 0. The molecule has 0 radical (unpaired) electrons. The summed E-state index contributed by atoms with van der Waals surface area (Å²) in [6.07, 6.45) is 1.39. The normalized spacial score (nSPS) is 15.7. The Morgan fingerprint density at radius 2 is 2.10 bits per heavy atom. The third-order valence-corrected chi connectivity index (χ3v) is 4.42. The maximum atomic E-state index is 12.2. The van der Waals surface area contributed by atoms with Crippen molar-refractivity contribution in [2.45, 2.75) is 12.8 Å². The van der Waals surface area contributed by atoms with E-state index in [2.05, 4.69) is 9.88 Å². The first kappa shape index (κ1) is 14.2. The van der Waals surface area contributed by atoms with Crippen LogP contribution in [0.25, 0.3) is 0 Å². The van der Waals surface area contributed by atoms with Crippen molar-refractivity contribution in [3.8, 4) is 0 Å². The molecule has 0 atom stereocenters. The molecule has 0 saturated carbocycles. The molecule has 0 amide bonds. The van der Waals surface area contributed by atoms with E-state index in [9.17, 15) is 4.79 Å². The highest BCUT2D eigenvalue weighted by molar-refractivity contribution is 7.13. The smallest absolute Gasteiger partial charge is 0.185 e. The van der Waals surface area contributed by atoms with Gasteiger partial charge >= 0.3 is 0 Å². The molecule has 0 aliphatic carbocycles. The van der Waals surface area contributed by atoms with Gasteiger partial charge in [-0.1, -0.05) is 30.3 Å². The molecule has 0 unspecified atom stereocenters. The van der Waals surface area contributed by atoms with Crippen LogP contribution in [0.1, 0.15) is 22.5 Å². The number of ether oxygens (including phenoxy) is 1. The van der Waals surface area contributed by atoms with E-state index >= 15 is 0 Å². The summed E-state index contributed by atoms with van der Waals surface area (Å²) in [5, 5.41) is 2.98. The second kappa shape index (κ2) is 6.83. The molecule has 2 aromatic rings. The van der Waals surface area contributed by atoms with Crippen molar-refractivity contribution in [2.24, 2.45) is 0 Å². The van der Waals surface area contributed by atoms with E-state index in [-0.39, 0.29) is 5.78 Å². The fraction of sp³-hybridized carbons (Fsp3) is 0.375. The molecule has 0 spiro atoms. The van der Waals surface area contributed by atoms with Crippen molar-refractivity contribution in [3.05, 3.63) is 47.0 Å². The van der Waals surface area contributed by atoms with Crippen molar-refractivity contribution in [1.29, 1.82) is 0 Å². The highest BCUT2D eigenvalue weighted by atomic mass is 32.1. The number of nitrogens with zero attached hydrogens (tertiary/aromatic N) is 2. The predicted molar refractivity (Wildman–Crippen MR) is 84.2 cm³/mol. The molecule has 3 rings (SSSR count). The number of rotatable bonds is 4. The van der Waals surface area contributed by atoms with Crippen LogP contribution in [0, 0.1) is 0 Å². The molecule has 2 heterocycles. The summed E-state index contributed by atoms with van der Waals surface area (Å²) < 4.78 is 5.46. The van der Waals surface area contributed by atoms with Crippen LogP contribution in [0.15, 0.2) is 35.7 Å².